The van der Waals surface area contributed by atoms with Gasteiger partial charge in [-0.2, -0.15) is 0 Å². The normalized spacial score (nSPS) is 23.6. The van der Waals surface area contributed by atoms with Gasteiger partial charge in [-0.25, -0.2) is 0 Å². The quantitative estimate of drug-likeness (QED) is 0.686. The summed E-state index contributed by atoms with van der Waals surface area (Å²) in [6.07, 6.45) is 2.77. The predicted molar refractivity (Wildman–Crippen MR) is 60.2 cm³/mol. The summed E-state index contributed by atoms with van der Waals surface area (Å²) in [5, 5.41) is 12.7. The summed E-state index contributed by atoms with van der Waals surface area (Å²) < 4.78 is 0. The van der Waals surface area contributed by atoms with Crippen LogP contribution in [0.2, 0.25) is 0 Å². The molecule has 0 aliphatic heterocycles. The second-order valence-corrected chi connectivity index (χ2v) is 5.22. The largest absolute Gasteiger partial charge is 0.396 e. The molecule has 2 nitrogen and oxygen atoms in total. The van der Waals surface area contributed by atoms with E-state index in [4.69, 9.17) is 5.11 Å². The highest BCUT2D eigenvalue weighted by atomic mass is 16.3. The highest BCUT2D eigenvalue weighted by Gasteiger charge is 2.34. The zero-order valence-electron chi connectivity index (χ0n) is 9.96. The first-order valence-electron chi connectivity index (χ1n) is 5.93. The smallest absolute Gasteiger partial charge is 0.0471 e. The summed E-state index contributed by atoms with van der Waals surface area (Å²) in [5.41, 5.74) is 0. The molecule has 0 bridgehead atoms. The minimum Gasteiger partial charge on any atom is -0.396 e. The second-order valence-electron chi connectivity index (χ2n) is 5.22. The summed E-state index contributed by atoms with van der Waals surface area (Å²) in [4.78, 5) is 0. The molecule has 0 saturated heterocycles. The maximum atomic E-state index is 9.07. The lowest BCUT2D eigenvalue weighted by molar-refractivity contribution is 0.189. The standard InChI is InChI=1S/C12H25NO/c1-8(2)12(11-5-6-11)13-10(4)9(3)7-14/h8-14H,5-7H2,1-4H3. The van der Waals surface area contributed by atoms with Gasteiger partial charge in [-0.3, -0.25) is 0 Å². The van der Waals surface area contributed by atoms with Crippen molar-refractivity contribution in [1.82, 2.24) is 5.32 Å². The molecule has 1 aliphatic carbocycles. The van der Waals surface area contributed by atoms with Gasteiger partial charge in [0.2, 0.25) is 0 Å². The highest BCUT2D eigenvalue weighted by Crippen LogP contribution is 2.36. The van der Waals surface area contributed by atoms with E-state index in [9.17, 15) is 0 Å². The molecular formula is C12H25NO. The van der Waals surface area contributed by atoms with Gasteiger partial charge in [0, 0.05) is 18.7 Å². The molecule has 0 heterocycles. The van der Waals surface area contributed by atoms with Crippen molar-refractivity contribution >= 4 is 0 Å². The van der Waals surface area contributed by atoms with Gasteiger partial charge in [0.15, 0.2) is 0 Å². The van der Waals surface area contributed by atoms with Crippen LogP contribution in [0.4, 0.5) is 0 Å². The van der Waals surface area contributed by atoms with Gasteiger partial charge in [-0.15, -0.1) is 0 Å². The third-order valence-corrected chi connectivity index (χ3v) is 3.44. The Morgan fingerprint density at radius 2 is 1.79 bits per heavy atom. The topological polar surface area (TPSA) is 32.3 Å². The van der Waals surface area contributed by atoms with Gasteiger partial charge in [0.1, 0.15) is 0 Å². The van der Waals surface area contributed by atoms with Gasteiger partial charge in [0.25, 0.3) is 0 Å². The number of hydrogen-bond donors (Lipinski definition) is 2. The van der Waals surface area contributed by atoms with E-state index in [1.54, 1.807) is 0 Å². The molecule has 84 valence electrons. The average Bonchev–Trinajstić information content (AvgIpc) is 2.95. The molecule has 3 unspecified atom stereocenters. The molecular weight excluding hydrogens is 174 g/mol. The van der Waals surface area contributed by atoms with Crippen LogP contribution < -0.4 is 5.32 Å². The fourth-order valence-corrected chi connectivity index (χ4v) is 1.95. The van der Waals surface area contributed by atoms with Gasteiger partial charge in [0.05, 0.1) is 0 Å². The molecule has 1 saturated carbocycles. The number of rotatable bonds is 6. The molecule has 0 aromatic heterocycles. The molecule has 0 aromatic rings. The summed E-state index contributed by atoms with van der Waals surface area (Å²) in [5.74, 6) is 1.95. The van der Waals surface area contributed by atoms with Crippen LogP contribution >= 0.6 is 0 Å². The highest BCUT2D eigenvalue weighted by molar-refractivity contribution is 4.90. The Labute approximate surface area is 88.1 Å². The van der Waals surface area contributed by atoms with Crippen molar-refractivity contribution in [3.63, 3.8) is 0 Å². The molecule has 0 spiro atoms. The lowest BCUT2D eigenvalue weighted by atomic mass is 9.96. The van der Waals surface area contributed by atoms with Crippen LogP contribution in [-0.4, -0.2) is 23.8 Å². The third-order valence-electron chi connectivity index (χ3n) is 3.44. The summed E-state index contributed by atoms with van der Waals surface area (Å²) in [6.45, 7) is 9.13. The Morgan fingerprint density at radius 1 is 1.21 bits per heavy atom. The van der Waals surface area contributed by atoms with Crippen LogP contribution in [0.1, 0.15) is 40.5 Å². The average molecular weight is 199 g/mol. The number of nitrogens with one attached hydrogen (secondary N) is 1. The molecule has 1 fully saturated rings. The molecule has 0 radical (unpaired) electrons. The van der Waals surface area contributed by atoms with Crippen molar-refractivity contribution in [2.24, 2.45) is 17.8 Å². The number of aliphatic hydroxyl groups is 1. The van der Waals surface area contributed by atoms with Crippen molar-refractivity contribution in [2.45, 2.75) is 52.6 Å². The molecule has 0 aromatic carbocycles. The lowest BCUT2D eigenvalue weighted by Gasteiger charge is -2.29. The summed E-state index contributed by atoms with van der Waals surface area (Å²) in [6, 6.07) is 1.08. The van der Waals surface area contributed by atoms with Gasteiger partial charge in [-0.1, -0.05) is 20.8 Å². The lowest BCUT2D eigenvalue weighted by Crippen LogP contribution is -2.45. The summed E-state index contributed by atoms with van der Waals surface area (Å²) in [7, 11) is 0. The fraction of sp³-hybridized carbons (Fsp3) is 1.00. The van der Waals surface area contributed by atoms with E-state index in [1.165, 1.54) is 12.8 Å². The van der Waals surface area contributed by atoms with Gasteiger partial charge in [-0.05, 0) is 37.5 Å². The van der Waals surface area contributed by atoms with Crippen LogP contribution in [0.5, 0.6) is 0 Å². The van der Waals surface area contributed by atoms with E-state index in [1.807, 2.05) is 0 Å². The Bertz CT molecular complexity index is 164. The number of aliphatic hydroxyl groups excluding tert-OH is 1. The van der Waals surface area contributed by atoms with E-state index in [-0.39, 0.29) is 6.61 Å². The van der Waals surface area contributed by atoms with E-state index in [0.717, 1.165) is 5.92 Å². The molecule has 2 N–H and O–H groups in total. The van der Waals surface area contributed by atoms with E-state index in [0.29, 0.717) is 23.9 Å². The van der Waals surface area contributed by atoms with E-state index in [2.05, 4.69) is 33.0 Å². The van der Waals surface area contributed by atoms with Crippen molar-refractivity contribution in [2.75, 3.05) is 6.61 Å². The van der Waals surface area contributed by atoms with Crippen molar-refractivity contribution in [1.29, 1.82) is 0 Å². The molecule has 2 heteroatoms. The Hall–Kier alpha value is -0.0800. The molecule has 3 atom stereocenters. The zero-order valence-corrected chi connectivity index (χ0v) is 9.96. The predicted octanol–water partition coefficient (Wildman–Crippen LogP) is 2.03. The second kappa shape index (κ2) is 5.13. The summed E-state index contributed by atoms with van der Waals surface area (Å²) >= 11 is 0. The van der Waals surface area contributed by atoms with Crippen LogP contribution in [0.25, 0.3) is 0 Å². The molecule has 1 aliphatic rings. The fourth-order valence-electron chi connectivity index (χ4n) is 1.95. The first-order valence-corrected chi connectivity index (χ1v) is 5.93. The van der Waals surface area contributed by atoms with Crippen molar-refractivity contribution in [3.05, 3.63) is 0 Å². The van der Waals surface area contributed by atoms with Crippen molar-refractivity contribution < 1.29 is 5.11 Å². The van der Waals surface area contributed by atoms with E-state index < -0.39 is 0 Å². The minimum atomic E-state index is 0.281. The van der Waals surface area contributed by atoms with Gasteiger partial charge >= 0.3 is 0 Å². The van der Waals surface area contributed by atoms with Crippen molar-refractivity contribution in [3.8, 4) is 0 Å². The zero-order chi connectivity index (χ0) is 10.7. The Morgan fingerprint density at radius 3 is 2.14 bits per heavy atom. The Kier molecular flexibility index (Phi) is 4.39. The Balaban J connectivity index is 2.38. The number of hydrogen-bond acceptors (Lipinski definition) is 2. The third kappa shape index (κ3) is 3.25. The van der Waals surface area contributed by atoms with Gasteiger partial charge < -0.3 is 10.4 Å². The van der Waals surface area contributed by atoms with Crippen LogP contribution in [0, 0.1) is 17.8 Å². The van der Waals surface area contributed by atoms with Crippen LogP contribution in [0.15, 0.2) is 0 Å². The molecule has 1 rings (SSSR count). The first-order chi connectivity index (χ1) is 6.56. The minimum absolute atomic E-state index is 0.281. The maximum absolute atomic E-state index is 9.07. The molecule has 0 amide bonds. The van der Waals surface area contributed by atoms with Crippen LogP contribution in [-0.2, 0) is 0 Å². The monoisotopic (exact) mass is 199 g/mol. The SMILES string of the molecule is CC(C)C(NC(C)C(C)CO)C1CC1. The van der Waals surface area contributed by atoms with Crippen LogP contribution in [0.3, 0.4) is 0 Å². The maximum Gasteiger partial charge on any atom is 0.0471 e. The first kappa shape index (κ1) is 12.0. The molecule has 14 heavy (non-hydrogen) atoms. The van der Waals surface area contributed by atoms with E-state index >= 15 is 0 Å².